The Kier molecular flexibility index (Phi) is 10.2. The second-order valence-electron chi connectivity index (χ2n) is 8.04. The summed E-state index contributed by atoms with van der Waals surface area (Å²) in [6, 6.07) is 17.8. The molecule has 1 N–H and O–H groups in total. The Bertz CT molecular complexity index is 1030. The number of pyridine rings is 2. The van der Waals surface area contributed by atoms with Crippen molar-refractivity contribution in [3.05, 3.63) is 71.9 Å². The van der Waals surface area contributed by atoms with E-state index in [1.165, 1.54) is 5.56 Å². The Labute approximate surface area is 202 Å². The molecule has 0 unspecified atom stereocenters. The van der Waals surface area contributed by atoms with Crippen molar-refractivity contribution in [2.24, 2.45) is 5.10 Å². The highest BCUT2D eigenvalue weighted by molar-refractivity contribution is 5.80. The van der Waals surface area contributed by atoms with Crippen molar-refractivity contribution in [1.82, 2.24) is 9.97 Å². The topological polar surface area (TPSA) is 71.9 Å². The summed E-state index contributed by atoms with van der Waals surface area (Å²) in [6.07, 6.45) is 6.84. The third-order valence-corrected chi connectivity index (χ3v) is 5.08. The number of benzene rings is 1. The van der Waals surface area contributed by atoms with Gasteiger partial charge < -0.3 is 14.4 Å². The molecule has 0 aliphatic carbocycles. The molecule has 0 radical (unpaired) electrons. The van der Waals surface area contributed by atoms with Crippen LogP contribution in [0, 0.1) is 6.92 Å². The summed E-state index contributed by atoms with van der Waals surface area (Å²) < 4.78 is 11.6. The fraction of sp³-hybridized carbons (Fsp3) is 0.370. The minimum Gasteiger partial charge on any atom is -0.474 e. The Morgan fingerprint density at radius 1 is 0.941 bits per heavy atom. The minimum absolute atomic E-state index is 0.363. The van der Waals surface area contributed by atoms with E-state index in [1.54, 1.807) is 12.4 Å². The molecular formula is C27H35N5O2. The molecule has 0 bridgehead atoms. The number of hydrogen-bond acceptors (Lipinski definition) is 7. The van der Waals surface area contributed by atoms with Gasteiger partial charge in [0.25, 0.3) is 0 Å². The predicted molar refractivity (Wildman–Crippen MR) is 139 cm³/mol. The van der Waals surface area contributed by atoms with Gasteiger partial charge in [-0.2, -0.15) is 10.1 Å². The average molecular weight is 462 g/mol. The lowest BCUT2D eigenvalue weighted by Crippen LogP contribution is -2.25. The van der Waals surface area contributed by atoms with E-state index in [2.05, 4.69) is 58.3 Å². The van der Waals surface area contributed by atoms with Gasteiger partial charge in [0, 0.05) is 43.2 Å². The van der Waals surface area contributed by atoms with Crippen LogP contribution in [0.3, 0.4) is 0 Å². The second kappa shape index (κ2) is 13.8. The number of hydrazone groups is 1. The lowest BCUT2D eigenvalue weighted by Gasteiger charge is -2.25. The fourth-order valence-corrected chi connectivity index (χ4v) is 3.44. The van der Waals surface area contributed by atoms with Crippen molar-refractivity contribution in [2.45, 2.75) is 40.0 Å². The first kappa shape index (κ1) is 25.0. The van der Waals surface area contributed by atoms with E-state index in [-0.39, 0.29) is 0 Å². The van der Waals surface area contributed by atoms with Crippen LogP contribution in [0.5, 0.6) is 11.8 Å². The molecule has 0 amide bonds. The summed E-state index contributed by atoms with van der Waals surface area (Å²) in [5.41, 5.74) is 6.37. The molecule has 0 spiro atoms. The molecule has 0 atom stereocenters. The predicted octanol–water partition coefficient (Wildman–Crippen LogP) is 5.71. The zero-order chi connectivity index (χ0) is 24.0. The second-order valence-corrected chi connectivity index (χ2v) is 8.04. The number of anilines is 2. The maximum absolute atomic E-state index is 5.94. The monoisotopic (exact) mass is 461 g/mol. The molecule has 0 aliphatic heterocycles. The minimum atomic E-state index is 0.363. The molecule has 0 saturated heterocycles. The van der Waals surface area contributed by atoms with Crippen molar-refractivity contribution in [3.63, 3.8) is 0 Å². The fourth-order valence-electron chi connectivity index (χ4n) is 3.44. The number of hydrogen-bond donors (Lipinski definition) is 1. The molecule has 180 valence electrons. The summed E-state index contributed by atoms with van der Waals surface area (Å²) in [4.78, 5) is 11.1. The van der Waals surface area contributed by atoms with Crippen LogP contribution in [-0.2, 0) is 0 Å². The molecule has 0 fully saturated rings. The highest BCUT2D eigenvalue weighted by atomic mass is 16.5. The van der Waals surface area contributed by atoms with Crippen LogP contribution in [0.2, 0.25) is 0 Å². The highest BCUT2D eigenvalue weighted by Gasteiger charge is 2.11. The first-order valence-corrected chi connectivity index (χ1v) is 12.0. The zero-order valence-corrected chi connectivity index (χ0v) is 20.4. The summed E-state index contributed by atoms with van der Waals surface area (Å²) in [5.74, 6) is 1.75. The van der Waals surface area contributed by atoms with E-state index in [0.29, 0.717) is 30.8 Å². The van der Waals surface area contributed by atoms with Gasteiger partial charge in [0.1, 0.15) is 13.2 Å². The largest absolute Gasteiger partial charge is 0.474 e. The van der Waals surface area contributed by atoms with Crippen molar-refractivity contribution in [2.75, 3.05) is 36.6 Å². The van der Waals surface area contributed by atoms with E-state index in [1.807, 2.05) is 42.5 Å². The Hall–Kier alpha value is -3.61. The van der Waals surface area contributed by atoms with E-state index in [0.717, 1.165) is 43.6 Å². The number of rotatable bonds is 14. The van der Waals surface area contributed by atoms with Crippen LogP contribution in [0.15, 0.2) is 65.9 Å². The van der Waals surface area contributed by atoms with Gasteiger partial charge in [0.15, 0.2) is 5.82 Å². The van der Waals surface area contributed by atoms with E-state index < -0.39 is 0 Å². The Balaban J connectivity index is 1.71. The SMILES string of the molecule is CCCCN(CCC)c1cc(N/N=C/c2cccc(C)c2)nc(OCCOc2ccccn2)c1. The maximum Gasteiger partial charge on any atom is 0.217 e. The summed E-state index contributed by atoms with van der Waals surface area (Å²) in [6.45, 7) is 9.17. The van der Waals surface area contributed by atoms with Gasteiger partial charge in [-0.1, -0.05) is 56.2 Å². The lowest BCUT2D eigenvalue weighted by molar-refractivity contribution is 0.207. The molecule has 7 heteroatoms. The van der Waals surface area contributed by atoms with Crippen LogP contribution in [0.1, 0.15) is 44.2 Å². The normalized spacial score (nSPS) is 10.9. The van der Waals surface area contributed by atoms with Crippen molar-refractivity contribution < 1.29 is 9.47 Å². The Morgan fingerprint density at radius 2 is 1.79 bits per heavy atom. The molecule has 0 saturated carbocycles. The molecular weight excluding hydrogens is 426 g/mol. The van der Waals surface area contributed by atoms with Crippen molar-refractivity contribution >= 4 is 17.7 Å². The Morgan fingerprint density at radius 3 is 2.53 bits per heavy atom. The number of nitrogens with one attached hydrogen (secondary N) is 1. The summed E-state index contributed by atoms with van der Waals surface area (Å²) in [5, 5.41) is 4.39. The van der Waals surface area contributed by atoms with Gasteiger partial charge in [-0.15, -0.1) is 0 Å². The smallest absolute Gasteiger partial charge is 0.217 e. The third kappa shape index (κ3) is 8.39. The molecule has 2 heterocycles. The molecule has 34 heavy (non-hydrogen) atoms. The van der Waals surface area contributed by atoms with Gasteiger partial charge in [0.05, 0.1) is 6.21 Å². The van der Waals surface area contributed by atoms with Crippen LogP contribution in [-0.4, -0.2) is 42.5 Å². The molecule has 1 aromatic carbocycles. The maximum atomic E-state index is 5.94. The summed E-state index contributed by atoms with van der Waals surface area (Å²) >= 11 is 0. The van der Waals surface area contributed by atoms with Gasteiger partial charge in [-0.3, -0.25) is 5.43 Å². The number of aromatic nitrogens is 2. The van der Waals surface area contributed by atoms with E-state index >= 15 is 0 Å². The average Bonchev–Trinajstić information content (AvgIpc) is 2.85. The third-order valence-electron chi connectivity index (χ3n) is 5.08. The van der Waals surface area contributed by atoms with Crippen LogP contribution < -0.4 is 19.8 Å². The molecule has 7 nitrogen and oxygen atoms in total. The standard InChI is InChI=1S/C27H35N5O2/c1-4-6-15-32(14-5-2)24-19-25(31-29-21-23-11-9-10-22(3)18-23)30-27(20-24)34-17-16-33-26-12-7-8-13-28-26/h7-13,18-21H,4-6,14-17H2,1-3H3,(H,30,31)/b29-21+. The first-order valence-electron chi connectivity index (χ1n) is 12.0. The van der Waals surface area contributed by atoms with Crippen LogP contribution in [0.4, 0.5) is 11.5 Å². The van der Waals surface area contributed by atoms with Crippen LogP contribution >= 0.6 is 0 Å². The first-order chi connectivity index (χ1) is 16.7. The number of unbranched alkanes of at least 4 members (excludes halogenated alkanes) is 1. The van der Waals surface area contributed by atoms with Gasteiger partial charge in [-0.25, -0.2) is 4.98 Å². The molecule has 0 aliphatic rings. The zero-order valence-electron chi connectivity index (χ0n) is 20.4. The van der Waals surface area contributed by atoms with Crippen LogP contribution in [0.25, 0.3) is 0 Å². The molecule has 3 rings (SSSR count). The van der Waals surface area contributed by atoms with Gasteiger partial charge in [0.2, 0.25) is 11.8 Å². The number of nitrogens with zero attached hydrogens (tertiary/aromatic N) is 4. The van der Waals surface area contributed by atoms with Gasteiger partial charge >= 0.3 is 0 Å². The summed E-state index contributed by atoms with van der Waals surface area (Å²) in [7, 11) is 0. The molecule has 2 aromatic heterocycles. The van der Waals surface area contributed by atoms with E-state index in [9.17, 15) is 0 Å². The van der Waals surface area contributed by atoms with Crippen molar-refractivity contribution in [3.8, 4) is 11.8 Å². The highest BCUT2D eigenvalue weighted by Crippen LogP contribution is 2.25. The lowest BCUT2D eigenvalue weighted by atomic mass is 10.2. The number of ether oxygens (including phenoxy) is 2. The van der Waals surface area contributed by atoms with Gasteiger partial charge in [-0.05, 0) is 31.4 Å². The van der Waals surface area contributed by atoms with E-state index in [4.69, 9.17) is 9.47 Å². The van der Waals surface area contributed by atoms with Crippen molar-refractivity contribution in [1.29, 1.82) is 0 Å². The quantitative estimate of drug-likeness (QED) is 0.188. The number of aryl methyl sites for hydroxylation is 1. The molecule has 3 aromatic rings.